The van der Waals surface area contributed by atoms with Crippen molar-refractivity contribution in [2.24, 2.45) is 0 Å². The number of carboxylic acids is 1. The molecule has 1 aromatic carbocycles. The molecule has 0 bridgehead atoms. The van der Waals surface area contributed by atoms with Crippen LogP contribution in [-0.2, 0) is 0 Å². The van der Waals surface area contributed by atoms with Gasteiger partial charge in [0.25, 0.3) is 0 Å². The van der Waals surface area contributed by atoms with Crippen molar-refractivity contribution in [1.82, 2.24) is 0 Å². The fourth-order valence-electron chi connectivity index (χ4n) is 2.22. The Labute approximate surface area is 228 Å². The normalized spacial score (nSPS) is 15.3. The zero-order chi connectivity index (χ0) is 33.7. The van der Waals surface area contributed by atoms with Crippen LogP contribution in [0.25, 0.3) is 0 Å². The number of alkyl halides is 21. The van der Waals surface area contributed by atoms with Crippen LogP contribution in [0.3, 0.4) is 0 Å². The number of carbonyl (C=O) groups is 1. The molecule has 0 amide bonds. The molecule has 0 atom stereocenters. The van der Waals surface area contributed by atoms with E-state index in [4.69, 9.17) is 5.11 Å². The topological polar surface area (TPSA) is 37.3 Å². The Morgan fingerprint density at radius 3 is 0.902 bits per heavy atom. The smallest absolute Gasteiger partial charge is 0.335 e. The molecule has 0 aliphatic carbocycles. The largest absolute Gasteiger partial charge is 0.478 e. The second-order valence-corrected chi connectivity index (χ2v) is 8.91. The predicted molar refractivity (Wildman–Crippen MR) is 89.7 cm³/mol. The summed E-state index contributed by atoms with van der Waals surface area (Å²) in [6.45, 7) is 0. The minimum absolute atomic E-state index is 0.331. The molecule has 0 aliphatic heterocycles. The number of halogens is 21. The Morgan fingerprint density at radius 2 is 0.707 bits per heavy atom. The molecule has 0 aromatic heterocycles. The van der Waals surface area contributed by atoms with Crippen molar-refractivity contribution in [2.75, 3.05) is 0 Å². The minimum Gasteiger partial charge on any atom is -0.478 e. The molecular weight excluding hydrogens is 658 g/mol. The molecule has 0 saturated heterocycles. The van der Waals surface area contributed by atoms with E-state index < -0.39 is 90.6 Å². The van der Waals surface area contributed by atoms with Crippen molar-refractivity contribution in [3.05, 3.63) is 35.9 Å². The molecule has 0 radical (unpaired) electrons. The molecule has 0 unspecified atom stereocenters. The van der Waals surface area contributed by atoms with Crippen LogP contribution < -0.4 is 0 Å². The van der Waals surface area contributed by atoms with E-state index >= 15 is 0 Å². The van der Waals surface area contributed by atoms with E-state index in [1.54, 1.807) is 30.3 Å². The first-order valence-electron chi connectivity index (χ1n) is 9.31. The van der Waals surface area contributed by atoms with Gasteiger partial charge in [0.2, 0.25) is 0 Å². The van der Waals surface area contributed by atoms with Gasteiger partial charge in [-0.3, -0.25) is 0 Å². The van der Waals surface area contributed by atoms with Crippen LogP contribution >= 0.6 is 0 Å². The van der Waals surface area contributed by atoms with Gasteiger partial charge in [-0.15, -0.1) is 0 Å². The molecule has 0 fully saturated rings. The first-order chi connectivity index (χ1) is 17.6. The van der Waals surface area contributed by atoms with Crippen LogP contribution in [0.2, 0.25) is 0 Å². The SMILES string of the molecule is FC(F)(F)C(F)(F)C(F)(F)C(F)(F)C(F)(F)C(F)(F)C(F)(F)C(F)(F)C(F)(F)[C](F)(F)[Na].O=C(O)c1ccccc1. The second-order valence-electron chi connectivity index (χ2n) is 7.65. The van der Waals surface area contributed by atoms with Crippen LogP contribution in [0.15, 0.2) is 30.3 Å². The van der Waals surface area contributed by atoms with Crippen molar-refractivity contribution in [3.63, 3.8) is 0 Å². The Morgan fingerprint density at radius 1 is 0.463 bits per heavy atom. The van der Waals surface area contributed by atoms with E-state index in [0.717, 1.165) is 0 Å². The van der Waals surface area contributed by atoms with Gasteiger partial charge in [-0.2, -0.15) is 0 Å². The molecule has 0 aliphatic rings. The Balaban J connectivity index is 0.00000149. The standard InChI is InChI=1S/C10F21.C7H6O2.Na/c11-1(12)2(13,14)3(15,16)4(17,18)5(19,20)6(21,22)7(23,24)8(25,26)9(27,28)10(29,30)31;8-7(9)6-4-2-1-3-5-6;/h;1-5H,(H,8,9);. The summed E-state index contributed by atoms with van der Waals surface area (Å²) in [4.78, 5) is 10.2. The summed E-state index contributed by atoms with van der Waals surface area (Å²) in [5, 5.41) is 8.38. The Bertz CT molecular complexity index is 998. The summed E-state index contributed by atoms with van der Waals surface area (Å²) in [7, 11) is 0. The van der Waals surface area contributed by atoms with Crippen LogP contribution in [0.5, 0.6) is 0 Å². The third kappa shape index (κ3) is 6.03. The minimum atomic E-state index is -9.11. The fraction of sp³-hybridized carbons (Fsp3) is 0.588. The van der Waals surface area contributed by atoms with Crippen LogP contribution in [0.4, 0.5) is 92.2 Å². The van der Waals surface area contributed by atoms with Crippen molar-refractivity contribution in [2.45, 2.75) is 56.7 Å². The zero-order valence-corrected chi connectivity index (χ0v) is 20.7. The number of hydrogen-bond acceptors (Lipinski definition) is 1. The van der Waals surface area contributed by atoms with Gasteiger partial charge in [-0.05, 0) is 12.1 Å². The molecule has 0 heterocycles. The molecule has 24 heteroatoms. The summed E-state index contributed by atoms with van der Waals surface area (Å²) in [5.41, 5.74) is 0.331. The Hall–Kier alpha value is -1.78. The first-order valence-corrected chi connectivity index (χ1v) is 10.3. The van der Waals surface area contributed by atoms with E-state index in [0.29, 0.717) is 5.56 Å². The van der Waals surface area contributed by atoms with Crippen molar-refractivity contribution < 1.29 is 102 Å². The molecule has 1 aromatic rings. The van der Waals surface area contributed by atoms with E-state index in [2.05, 4.69) is 0 Å². The molecule has 2 nitrogen and oxygen atoms in total. The van der Waals surface area contributed by atoms with Crippen LogP contribution in [0, 0.1) is 0 Å². The second kappa shape index (κ2) is 11.1. The summed E-state index contributed by atoms with van der Waals surface area (Å²) in [6.07, 6.45) is -7.97. The van der Waals surface area contributed by atoms with Crippen molar-refractivity contribution in [3.8, 4) is 0 Å². The predicted octanol–water partition coefficient (Wildman–Crippen LogP) is 7.78. The van der Waals surface area contributed by atoms with Gasteiger partial charge in [0.1, 0.15) is 0 Å². The van der Waals surface area contributed by atoms with Gasteiger partial charge in [0.15, 0.2) is 0 Å². The summed E-state index contributed by atoms with van der Waals surface area (Å²) in [6, 6.07) is 8.30. The monoisotopic (exact) mass is 664 g/mol. The zero-order valence-electron chi connectivity index (χ0n) is 18.7. The average molecular weight is 664 g/mol. The van der Waals surface area contributed by atoms with E-state index in [1.165, 1.54) is 0 Å². The number of rotatable bonds is 9. The number of benzene rings is 1. The van der Waals surface area contributed by atoms with Gasteiger partial charge in [0, 0.05) is 0 Å². The van der Waals surface area contributed by atoms with Gasteiger partial charge < -0.3 is 5.11 Å². The number of hydrogen-bond donors (Lipinski definition) is 1. The molecule has 0 saturated carbocycles. The third-order valence-electron chi connectivity index (χ3n) is 4.69. The molecule has 1 rings (SSSR count). The molecule has 234 valence electrons. The van der Waals surface area contributed by atoms with Crippen LogP contribution in [-0.4, -0.2) is 95.7 Å². The van der Waals surface area contributed by atoms with Gasteiger partial charge in [0.05, 0.1) is 5.56 Å². The van der Waals surface area contributed by atoms with E-state index in [1.807, 2.05) is 0 Å². The number of carboxylic acid groups (broad SMARTS) is 1. The molecule has 1 N–H and O–H groups in total. The maximum Gasteiger partial charge on any atom is 0.335 e. The summed E-state index contributed by atoms with van der Waals surface area (Å²) >= 11 is -2.62. The van der Waals surface area contributed by atoms with E-state index in [-0.39, 0.29) is 0 Å². The summed E-state index contributed by atoms with van der Waals surface area (Å²) in [5.74, 6) is -70.4. The third-order valence-corrected chi connectivity index (χ3v) is 5.32. The maximum atomic E-state index is 13.2. The average Bonchev–Trinajstić information content (AvgIpc) is 2.77. The number of aromatic carboxylic acids is 1. The fourth-order valence-corrected chi connectivity index (χ4v) is 2.53. The van der Waals surface area contributed by atoms with Gasteiger partial charge >= 0.3 is 183 Å². The van der Waals surface area contributed by atoms with Gasteiger partial charge in [-0.1, -0.05) is 18.2 Å². The summed E-state index contributed by atoms with van der Waals surface area (Å²) < 4.78 is 262. The molecule has 41 heavy (non-hydrogen) atoms. The van der Waals surface area contributed by atoms with Crippen LogP contribution in [0.1, 0.15) is 10.4 Å². The first kappa shape index (κ1) is 39.2. The van der Waals surface area contributed by atoms with Crippen molar-refractivity contribution >= 4 is 33.9 Å². The molecule has 0 spiro atoms. The van der Waals surface area contributed by atoms with Gasteiger partial charge in [-0.25, -0.2) is 4.79 Å². The maximum absolute atomic E-state index is 13.2. The van der Waals surface area contributed by atoms with E-state index in [9.17, 15) is 97.0 Å². The van der Waals surface area contributed by atoms with Crippen molar-refractivity contribution in [1.29, 1.82) is 0 Å². The molecular formula is C17H6F21NaO2. The quantitative estimate of drug-likeness (QED) is 0.217. The Kier molecular flexibility index (Phi) is 10.6.